The minimum Gasteiger partial charge on any atom is -0.335 e. The first-order valence-corrected chi connectivity index (χ1v) is 8.02. The second-order valence-corrected chi connectivity index (χ2v) is 6.58. The molecule has 2 aromatic carbocycles. The Morgan fingerprint density at radius 3 is 1.62 bits per heavy atom. The van der Waals surface area contributed by atoms with Crippen molar-refractivity contribution in [2.24, 2.45) is 0 Å². The maximum atomic E-state index is 2.57. The van der Waals surface area contributed by atoms with Gasteiger partial charge in [-0.2, -0.15) is 0 Å². The molecule has 21 heavy (non-hydrogen) atoms. The quantitative estimate of drug-likeness (QED) is 0.558. The van der Waals surface area contributed by atoms with E-state index in [0.717, 1.165) is 12.8 Å². The molecule has 0 amide bonds. The number of hydrogen-bond donors (Lipinski definition) is 0. The Morgan fingerprint density at radius 1 is 0.810 bits per heavy atom. The second-order valence-electron chi connectivity index (χ2n) is 6.58. The monoisotopic (exact) mass is 279 g/mol. The topological polar surface area (TPSA) is 4.93 Å². The molecular weight excluding hydrogens is 254 g/mol. The van der Waals surface area contributed by atoms with E-state index >= 15 is 0 Å². The van der Waals surface area contributed by atoms with Crippen LogP contribution in [0.2, 0.25) is 0 Å². The van der Waals surface area contributed by atoms with Crippen molar-refractivity contribution in [1.82, 2.24) is 4.57 Å². The van der Waals surface area contributed by atoms with Crippen molar-refractivity contribution in [3.63, 3.8) is 0 Å². The molecule has 0 atom stereocenters. The van der Waals surface area contributed by atoms with Crippen LogP contribution in [0.4, 0.5) is 0 Å². The Labute approximate surface area is 127 Å². The van der Waals surface area contributed by atoms with Crippen LogP contribution in [0.3, 0.4) is 0 Å². The van der Waals surface area contributed by atoms with E-state index in [1.807, 2.05) is 0 Å². The molecule has 0 fully saturated rings. The van der Waals surface area contributed by atoms with Gasteiger partial charge in [-0.1, -0.05) is 37.1 Å². The normalized spacial score (nSPS) is 12.4. The van der Waals surface area contributed by atoms with Crippen molar-refractivity contribution in [2.45, 2.75) is 53.0 Å². The van der Waals surface area contributed by atoms with Crippen LogP contribution in [0.5, 0.6) is 0 Å². The molecule has 3 rings (SSSR count). The minimum atomic E-state index is 0.171. The van der Waals surface area contributed by atoms with Crippen LogP contribution in [-0.4, -0.2) is 4.57 Å². The van der Waals surface area contributed by atoms with E-state index in [9.17, 15) is 0 Å². The summed E-state index contributed by atoms with van der Waals surface area (Å²) in [7, 11) is 0. The van der Waals surface area contributed by atoms with Gasteiger partial charge >= 0.3 is 0 Å². The number of hydrogen-bond acceptors (Lipinski definition) is 0. The van der Waals surface area contributed by atoms with Gasteiger partial charge in [0.2, 0.25) is 0 Å². The summed E-state index contributed by atoms with van der Waals surface area (Å²) in [6.07, 6.45) is 2.29. The highest BCUT2D eigenvalue weighted by Gasteiger charge is 2.26. The lowest BCUT2D eigenvalue weighted by Crippen LogP contribution is -2.28. The molecule has 0 aliphatic heterocycles. The number of rotatable bonds is 3. The zero-order chi connectivity index (χ0) is 15.2. The standard InChI is InChI=1S/C20H25N/c1-6-20(5,7-2)21-18-10-8-14(3)12-16(18)17-13-15(4)9-11-19(17)21/h8-13H,6-7H2,1-5H3. The molecule has 0 bridgehead atoms. The summed E-state index contributed by atoms with van der Waals surface area (Å²) >= 11 is 0. The predicted molar refractivity (Wildman–Crippen MR) is 93.1 cm³/mol. The molecule has 110 valence electrons. The Bertz CT molecular complexity index is 744. The molecule has 0 saturated carbocycles. The third-order valence-corrected chi connectivity index (χ3v) is 5.14. The fourth-order valence-electron chi connectivity index (χ4n) is 3.40. The van der Waals surface area contributed by atoms with Gasteiger partial charge in [0.15, 0.2) is 0 Å². The van der Waals surface area contributed by atoms with Crippen molar-refractivity contribution >= 4 is 21.8 Å². The van der Waals surface area contributed by atoms with Gasteiger partial charge in [0, 0.05) is 27.3 Å². The van der Waals surface area contributed by atoms with E-state index in [2.05, 4.69) is 75.6 Å². The van der Waals surface area contributed by atoms with Gasteiger partial charge in [-0.25, -0.2) is 0 Å². The summed E-state index contributed by atoms with van der Waals surface area (Å²) in [6, 6.07) is 13.7. The molecule has 0 aliphatic carbocycles. The van der Waals surface area contributed by atoms with Gasteiger partial charge < -0.3 is 4.57 Å². The maximum absolute atomic E-state index is 2.57. The summed E-state index contributed by atoms with van der Waals surface area (Å²) in [5.74, 6) is 0. The lowest BCUT2D eigenvalue weighted by Gasteiger charge is -2.31. The smallest absolute Gasteiger partial charge is 0.0496 e. The first-order valence-electron chi connectivity index (χ1n) is 8.02. The van der Waals surface area contributed by atoms with Gasteiger partial charge in [-0.15, -0.1) is 0 Å². The number of nitrogens with zero attached hydrogens (tertiary/aromatic N) is 1. The third-order valence-electron chi connectivity index (χ3n) is 5.14. The molecule has 0 unspecified atom stereocenters. The van der Waals surface area contributed by atoms with E-state index < -0.39 is 0 Å². The Kier molecular flexibility index (Phi) is 3.32. The molecule has 1 heteroatoms. The highest BCUT2D eigenvalue weighted by Crippen LogP contribution is 2.37. The van der Waals surface area contributed by atoms with E-state index in [1.165, 1.54) is 32.9 Å². The first kappa shape index (κ1) is 14.2. The molecule has 1 nitrogen and oxygen atoms in total. The SMILES string of the molecule is CCC(C)(CC)n1c2ccc(C)cc2c2cc(C)ccc21. The number of aromatic nitrogens is 1. The summed E-state index contributed by atoms with van der Waals surface area (Å²) < 4.78 is 2.57. The summed E-state index contributed by atoms with van der Waals surface area (Å²) in [5, 5.41) is 2.78. The Hall–Kier alpha value is -1.76. The highest BCUT2D eigenvalue weighted by atomic mass is 15.1. The lowest BCUT2D eigenvalue weighted by atomic mass is 9.94. The van der Waals surface area contributed by atoms with Crippen LogP contribution >= 0.6 is 0 Å². The molecule has 0 spiro atoms. The lowest BCUT2D eigenvalue weighted by molar-refractivity contribution is 0.313. The zero-order valence-electron chi connectivity index (χ0n) is 13.8. The van der Waals surface area contributed by atoms with Crippen molar-refractivity contribution in [2.75, 3.05) is 0 Å². The largest absolute Gasteiger partial charge is 0.335 e. The molecule has 0 N–H and O–H groups in total. The summed E-state index contributed by atoms with van der Waals surface area (Å²) in [6.45, 7) is 11.3. The van der Waals surface area contributed by atoms with E-state index in [1.54, 1.807) is 0 Å². The van der Waals surface area contributed by atoms with Gasteiger partial charge in [0.05, 0.1) is 0 Å². The Balaban J connectivity index is 2.51. The van der Waals surface area contributed by atoms with Gasteiger partial charge in [-0.05, 0) is 57.9 Å². The van der Waals surface area contributed by atoms with Gasteiger partial charge in [-0.3, -0.25) is 0 Å². The summed E-state index contributed by atoms with van der Waals surface area (Å²) in [4.78, 5) is 0. The first-order chi connectivity index (χ1) is 10.00. The fraction of sp³-hybridized carbons (Fsp3) is 0.400. The molecular formula is C20H25N. The van der Waals surface area contributed by atoms with Gasteiger partial charge in [0.25, 0.3) is 0 Å². The van der Waals surface area contributed by atoms with Crippen molar-refractivity contribution in [3.8, 4) is 0 Å². The summed E-state index contributed by atoms with van der Waals surface area (Å²) in [5.41, 5.74) is 5.57. The van der Waals surface area contributed by atoms with E-state index in [-0.39, 0.29) is 5.54 Å². The molecule has 1 aromatic heterocycles. The number of fused-ring (bicyclic) bond motifs is 3. The van der Waals surface area contributed by atoms with Gasteiger partial charge in [0.1, 0.15) is 0 Å². The molecule has 3 aromatic rings. The predicted octanol–water partition coefficient (Wildman–Crippen LogP) is 5.95. The average molecular weight is 279 g/mol. The number of aryl methyl sites for hydroxylation is 2. The highest BCUT2D eigenvalue weighted by molar-refractivity contribution is 6.08. The van der Waals surface area contributed by atoms with E-state index in [0.29, 0.717) is 0 Å². The van der Waals surface area contributed by atoms with Crippen LogP contribution in [0.25, 0.3) is 21.8 Å². The average Bonchev–Trinajstić information content (AvgIpc) is 2.80. The van der Waals surface area contributed by atoms with Crippen LogP contribution < -0.4 is 0 Å². The minimum absolute atomic E-state index is 0.171. The Morgan fingerprint density at radius 2 is 1.24 bits per heavy atom. The zero-order valence-corrected chi connectivity index (χ0v) is 13.8. The van der Waals surface area contributed by atoms with Crippen LogP contribution in [0.15, 0.2) is 36.4 Å². The van der Waals surface area contributed by atoms with E-state index in [4.69, 9.17) is 0 Å². The maximum Gasteiger partial charge on any atom is 0.0496 e. The van der Waals surface area contributed by atoms with Crippen LogP contribution in [0, 0.1) is 13.8 Å². The van der Waals surface area contributed by atoms with Crippen LogP contribution in [-0.2, 0) is 5.54 Å². The molecule has 1 heterocycles. The van der Waals surface area contributed by atoms with Crippen molar-refractivity contribution < 1.29 is 0 Å². The third kappa shape index (κ3) is 2.07. The molecule has 0 radical (unpaired) electrons. The molecule has 0 saturated heterocycles. The fourth-order valence-corrected chi connectivity index (χ4v) is 3.40. The van der Waals surface area contributed by atoms with Crippen LogP contribution in [0.1, 0.15) is 44.7 Å². The number of benzene rings is 2. The molecule has 0 aliphatic rings. The van der Waals surface area contributed by atoms with Crippen molar-refractivity contribution in [1.29, 1.82) is 0 Å². The second kappa shape index (κ2) is 4.91. The van der Waals surface area contributed by atoms with Crippen molar-refractivity contribution in [3.05, 3.63) is 47.5 Å².